The van der Waals surface area contributed by atoms with E-state index in [-0.39, 0.29) is 24.9 Å². The number of phosphoric acid groups is 2. The SMILES string of the molecule is CCCCCCC1C=CC(CCCCCCCC(=O)NCCC[N+](C)(C)CC(O)COP(=O)(O)O)C(C=CCCCCCCCC(=O)NCCC[N+](C)(C)CC(O)COP(=O)(O)O)C1CCCCCC. The lowest BCUT2D eigenvalue weighted by Gasteiger charge is -2.39. The van der Waals surface area contributed by atoms with Crippen LogP contribution in [-0.2, 0) is 27.8 Å². The highest BCUT2D eigenvalue weighted by molar-refractivity contribution is 7.46. The van der Waals surface area contributed by atoms with Crippen LogP contribution >= 0.6 is 15.6 Å². The van der Waals surface area contributed by atoms with E-state index in [4.69, 9.17) is 19.6 Å². The number of phosphoric ester groups is 2. The number of unbranched alkanes of at least 4 members (excludes halogenated alkanes) is 15. The molecule has 0 radical (unpaired) electrons. The van der Waals surface area contributed by atoms with Gasteiger partial charge in [0.1, 0.15) is 25.3 Å². The van der Waals surface area contributed by atoms with Crippen molar-refractivity contribution < 1.29 is 66.5 Å². The number of allylic oxidation sites excluding steroid dienone is 4. The zero-order valence-corrected chi connectivity index (χ0v) is 46.5. The molecule has 1 rings (SSSR count). The lowest BCUT2D eigenvalue weighted by atomic mass is 9.66. The van der Waals surface area contributed by atoms with E-state index < -0.39 is 41.1 Å². The van der Waals surface area contributed by atoms with Gasteiger partial charge in [-0.25, -0.2) is 9.13 Å². The Bertz CT molecular complexity index is 1520. The first-order valence-electron chi connectivity index (χ1n) is 27.3. The number of rotatable bonds is 45. The van der Waals surface area contributed by atoms with E-state index in [0.717, 1.165) is 70.6 Å². The molecule has 0 spiro atoms. The molecule has 0 heterocycles. The quantitative estimate of drug-likeness (QED) is 0.0124. The highest BCUT2D eigenvalue weighted by Gasteiger charge is 2.34. The van der Waals surface area contributed by atoms with Gasteiger partial charge in [-0.15, -0.1) is 0 Å². The monoisotopic (exact) mass is 1040 g/mol. The van der Waals surface area contributed by atoms with Crippen molar-refractivity contribution in [3.05, 3.63) is 24.3 Å². The van der Waals surface area contributed by atoms with Crippen LogP contribution in [0.4, 0.5) is 0 Å². The number of carbonyl (C=O) groups excluding carboxylic acids is 2. The highest BCUT2D eigenvalue weighted by Crippen LogP contribution is 2.43. The molecule has 1 aliphatic rings. The predicted octanol–water partition coefficient (Wildman–Crippen LogP) is 9.09. The molecule has 1 aliphatic carbocycles. The van der Waals surface area contributed by atoms with E-state index >= 15 is 0 Å². The zero-order chi connectivity index (χ0) is 52.3. The Morgan fingerprint density at radius 1 is 0.571 bits per heavy atom. The molecule has 0 saturated heterocycles. The fraction of sp³-hybridized carbons (Fsp3) is 0.885. The minimum atomic E-state index is -4.62. The summed E-state index contributed by atoms with van der Waals surface area (Å²) in [6, 6.07) is 0. The van der Waals surface area contributed by atoms with Gasteiger partial charge in [-0.1, -0.05) is 134 Å². The summed E-state index contributed by atoms with van der Waals surface area (Å²) in [5.41, 5.74) is 0. The maximum absolute atomic E-state index is 12.5. The van der Waals surface area contributed by atoms with E-state index in [9.17, 15) is 28.9 Å². The number of likely N-dealkylation sites (N-methyl/N-ethyl adjacent to an activating group) is 2. The maximum atomic E-state index is 12.5. The number of hydrogen-bond donors (Lipinski definition) is 8. The van der Waals surface area contributed by atoms with Crippen LogP contribution in [0, 0.1) is 23.7 Å². The summed E-state index contributed by atoms with van der Waals surface area (Å²) in [7, 11) is -1.53. The van der Waals surface area contributed by atoms with Crippen molar-refractivity contribution in [2.45, 2.75) is 193 Å². The summed E-state index contributed by atoms with van der Waals surface area (Å²) in [5, 5.41) is 26.2. The smallest absolute Gasteiger partial charge is 0.385 e. The molecule has 0 aromatic heterocycles. The summed E-state index contributed by atoms with van der Waals surface area (Å²) in [4.78, 5) is 60.5. The Morgan fingerprint density at radius 3 is 1.44 bits per heavy atom. The van der Waals surface area contributed by atoms with Crippen LogP contribution in [0.3, 0.4) is 0 Å². The fourth-order valence-corrected chi connectivity index (χ4v) is 10.8. The van der Waals surface area contributed by atoms with Crippen molar-refractivity contribution in [1.82, 2.24) is 10.6 Å². The first kappa shape index (κ1) is 66.5. The van der Waals surface area contributed by atoms with Crippen LogP contribution in [0.2, 0.25) is 0 Å². The van der Waals surface area contributed by atoms with E-state index in [2.05, 4.69) is 57.8 Å². The number of aliphatic hydroxyl groups excluding tert-OH is 2. The van der Waals surface area contributed by atoms with E-state index in [1.54, 1.807) is 0 Å². The van der Waals surface area contributed by atoms with Crippen molar-refractivity contribution in [2.24, 2.45) is 23.7 Å². The van der Waals surface area contributed by atoms with E-state index in [1.807, 2.05) is 28.2 Å². The summed E-state index contributed by atoms with van der Waals surface area (Å²) in [6.45, 7) is 6.77. The van der Waals surface area contributed by atoms with Crippen LogP contribution in [0.5, 0.6) is 0 Å². The normalized spacial score (nSPS) is 18.9. The Hall–Kier alpha value is -1.52. The van der Waals surface area contributed by atoms with Gasteiger partial charge in [0.15, 0.2) is 0 Å². The van der Waals surface area contributed by atoms with Crippen LogP contribution in [0.15, 0.2) is 24.3 Å². The molecule has 6 atom stereocenters. The molecule has 0 bridgehead atoms. The largest absolute Gasteiger partial charge is 0.469 e. The standard InChI is InChI=1S/C52H102N4O12P2/c1-7-9-11-21-29-45-35-36-46(30-22-17-16-20-26-34-52(60)54-38-28-40-56(5,6)42-48(58)44-68-70(64,65)66)50(49(45)31-23-12-10-8-2)32-24-18-14-13-15-19-25-33-51(59)53-37-27-39-55(3,4)41-47(57)43-67-69(61,62)63/h24,32,35-36,45-50,57-58H,7-23,25-31,33-34,37-44H2,1-6H3,(H4-2,53,54,59,60,61,62,63,64,65,66)/p+2. The van der Waals surface area contributed by atoms with Crippen LogP contribution in [0.1, 0.15) is 181 Å². The van der Waals surface area contributed by atoms with Gasteiger partial charge in [0.05, 0.1) is 54.5 Å². The summed E-state index contributed by atoms with van der Waals surface area (Å²) in [5.74, 6) is 2.63. The Kier molecular flexibility index (Phi) is 36.2. The van der Waals surface area contributed by atoms with Gasteiger partial charge in [0.2, 0.25) is 11.8 Å². The second kappa shape index (κ2) is 38.1. The Morgan fingerprint density at radius 2 is 0.971 bits per heavy atom. The molecular weight excluding hydrogens is 935 g/mol. The second-order valence-electron chi connectivity index (χ2n) is 21.7. The van der Waals surface area contributed by atoms with Crippen molar-refractivity contribution in [2.75, 3.05) is 80.7 Å². The van der Waals surface area contributed by atoms with Gasteiger partial charge in [-0.2, -0.15) is 0 Å². The number of carbonyl (C=O) groups is 2. The number of nitrogens with zero attached hydrogens (tertiary/aromatic N) is 2. The van der Waals surface area contributed by atoms with Crippen LogP contribution in [0.25, 0.3) is 0 Å². The number of aliphatic hydroxyl groups is 2. The average molecular weight is 1040 g/mol. The van der Waals surface area contributed by atoms with Crippen LogP contribution in [-0.4, -0.2) is 143 Å². The maximum Gasteiger partial charge on any atom is 0.469 e. The second-order valence-corrected chi connectivity index (χ2v) is 24.1. The number of quaternary nitrogens is 2. The highest BCUT2D eigenvalue weighted by atomic mass is 31.2. The molecule has 0 fully saturated rings. The first-order chi connectivity index (χ1) is 33.1. The lowest BCUT2D eigenvalue weighted by molar-refractivity contribution is -0.893. The molecule has 412 valence electrons. The van der Waals surface area contributed by atoms with Gasteiger partial charge < -0.3 is 49.4 Å². The molecule has 70 heavy (non-hydrogen) atoms. The molecule has 8 N–H and O–H groups in total. The zero-order valence-electron chi connectivity index (χ0n) is 44.7. The topological polar surface area (TPSA) is 232 Å². The third kappa shape index (κ3) is 37.2. The van der Waals surface area contributed by atoms with Gasteiger partial charge in [0, 0.05) is 38.8 Å². The first-order valence-corrected chi connectivity index (χ1v) is 30.4. The molecule has 0 aliphatic heterocycles. The number of nitrogens with one attached hydrogen (secondary N) is 2. The summed E-state index contributed by atoms with van der Waals surface area (Å²) in [6.07, 6.45) is 36.9. The van der Waals surface area contributed by atoms with Crippen molar-refractivity contribution in [1.29, 1.82) is 0 Å². The summed E-state index contributed by atoms with van der Waals surface area (Å²) < 4.78 is 31.5. The number of hydrogen-bond acceptors (Lipinski definition) is 8. The van der Waals surface area contributed by atoms with Crippen molar-refractivity contribution >= 4 is 27.5 Å². The van der Waals surface area contributed by atoms with Gasteiger partial charge in [-0.3, -0.25) is 18.6 Å². The minimum absolute atomic E-state index is 0.0623. The average Bonchev–Trinajstić information content (AvgIpc) is 3.27. The third-order valence-corrected chi connectivity index (χ3v) is 14.8. The van der Waals surface area contributed by atoms with Gasteiger partial charge in [0.25, 0.3) is 0 Å². The molecule has 18 heteroatoms. The summed E-state index contributed by atoms with van der Waals surface area (Å²) >= 11 is 0. The molecule has 16 nitrogen and oxygen atoms in total. The molecule has 0 aromatic rings. The van der Waals surface area contributed by atoms with Crippen LogP contribution < -0.4 is 10.6 Å². The predicted molar refractivity (Wildman–Crippen MR) is 281 cm³/mol. The van der Waals surface area contributed by atoms with Gasteiger partial charge in [-0.05, 0) is 68.6 Å². The van der Waals surface area contributed by atoms with Crippen molar-refractivity contribution in [3.8, 4) is 0 Å². The molecule has 0 saturated carbocycles. The molecular formula is C52H104N4O12P2+2. The van der Waals surface area contributed by atoms with Gasteiger partial charge >= 0.3 is 15.6 Å². The molecule has 6 unspecified atom stereocenters. The fourth-order valence-electron chi connectivity index (χ4n) is 10.0. The lowest BCUT2D eigenvalue weighted by Crippen LogP contribution is -2.47. The van der Waals surface area contributed by atoms with E-state index in [0.29, 0.717) is 71.7 Å². The number of amides is 2. The molecule has 2 amide bonds. The Labute approximate surface area is 424 Å². The third-order valence-electron chi connectivity index (χ3n) is 13.8. The minimum Gasteiger partial charge on any atom is -0.385 e. The Balaban J connectivity index is 2.55. The molecule has 0 aromatic carbocycles. The van der Waals surface area contributed by atoms with Crippen molar-refractivity contribution in [3.63, 3.8) is 0 Å². The van der Waals surface area contributed by atoms with E-state index in [1.165, 1.54) is 83.5 Å².